The summed E-state index contributed by atoms with van der Waals surface area (Å²) < 4.78 is 1.17. The van der Waals surface area contributed by atoms with Gasteiger partial charge in [0, 0.05) is 4.47 Å². The zero-order valence-corrected chi connectivity index (χ0v) is 13.6. The first kappa shape index (κ1) is 15.2. The Bertz CT molecular complexity index is 630. The monoisotopic (exact) mass is 371 g/mol. The van der Waals surface area contributed by atoms with Crippen molar-refractivity contribution in [2.24, 2.45) is 0 Å². The summed E-state index contributed by atoms with van der Waals surface area (Å²) in [6.45, 7) is 1.44. The van der Waals surface area contributed by atoms with Gasteiger partial charge in [0.05, 0.1) is 4.91 Å². The van der Waals surface area contributed by atoms with Crippen LogP contribution in [0.5, 0.6) is 0 Å². The molecule has 1 aromatic carbocycles. The van der Waals surface area contributed by atoms with Crippen LogP contribution in [-0.2, 0) is 9.59 Å². The number of hydrogen-bond donors (Lipinski definition) is 1. The Morgan fingerprint density at radius 1 is 1.55 bits per heavy atom. The van der Waals surface area contributed by atoms with Crippen LogP contribution in [0.4, 0.5) is 0 Å². The van der Waals surface area contributed by atoms with Crippen LogP contribution in [0, 0.1) is 0 Å². The van der Waals surface area contributed by atoms with E-state index >= 15 is 0 Å². The first-order valence-electron chi connectivity index (χ1n) is 5.65. The normalized spacial score (nSPS) is 18.7. The molecule has 0 spiro atoms. The number of aliphatic carboxylic acids is 1. The van der Waals surface area contributed by atoms with Gasteiger partial charge in [-0.2, -0.15) is 0 Å². The summed E-state index contributed by atoms with van der Waals surface area (Å²) in [5.41, 5.74) is 0.850. The molecular weight excluding hydrogens is 362 g/mol. The summed E-state index contributed by atoms with van der Waals surface area (Å²) in [4.78, 5) is 24.8. The molecule has 1 amide bonds. The van der Waals surface area contributed by atoms with Crippen LogP contribution in [0.1, 0.15) is 12.5 Å². The largest absolute Gasteiger partial charge is 0.480 e. The molecule has 104 valence electrons. The van der Waals surface area contributed by atoms with Gasteiger partial charge in [0.1, 0.15) is 10.4 Å². The van der Waals surface area contributed by atoms with E-state index in [0.29, 0.717) is 4.91 Å². The fourth-order valence-electron chi connectivity index (χ4n) is 1.67. The molecule has 1 N–H and O–H groups in total. The van der Waals surface area contributed by atoms with E-state index in [-0.39, 0.29) is 10.2 Å². The molecule has 1 aromatic rings. The highest BCUT2D eigenvalue weighted by Crippen LogP contribution is 2.34. The van der Waals surface area contributed by atoms with Crippen molar-refractivity contribution in [1.29, 1.82) is 0 Å². The van der Waals surface area contributed by atoms with E-state index < -0.39 is 12.0 Å². The first-order valence-corrected chi connectivity index (χ1v) is 7.67. The number of hydrogen-bond acceptors (Lipinski definition) is 4. The zero-order chi connectivity index (χ0) is 14.9. The quantitative estimate of drug-likeness (QED) is 0.653. The van der Waals surface area contributed by atoms with Crippen LogP contribution in [-0.4, -0.2) is 32.2 Å². The number of thioether (sulfide) groups is 1. The van der Waals surface area contributed by atoms with E-state index in [1.54, 1.807) is 6.08 Å². The fourth-order valence-corrected chi connectivity index (χ4v) is 3.51. The molecule has 1 aliphatic heterocycles. The van der Waals surface area contributed by atoms with Gasteiger partial charge < -0.3 is 5.11 Å². The maximum absolute atomic E-state index is 12.2. The molecule has 0 bridgehead atoms. The lowest BCUT2D eigenvalue weighted by Gasteiger charge is -2.18. The molecule has 0 aliphatic carbocycles. The Labute approximate surface area is 134 Å². The third-order valence-electron chi connectivity index (χ3n) is 2.71. The van der Waals surface area contributed by atoms with Gasteiger partial charge in [-0.05, 0) is 30.7 Å². The second-order valence-electron chi connectivity index (χ2n) is 4.12. The van der Waals surface area contributed by atoms with Crippen molar-refractivity contribution < 1.29 is 14.7 Å². The van der Waals surface area contributed by atoms with Crippen molar-refractivity contribution in [2.75, 3.05) is 0 Å². The molecule has 2 rings (SSSR count). The predicted octanol–water partition coefficient (Wildman–Crippen LogP) is 3.12. The third-order valence-corrected chi connectivity index (χ3v) is 4.54. The number of carbonyl (C=O) groups is 2. The average Bonchev–Trinajstić information content (AvgIpc) is 2.63. The SMILES string of the molecule is C[C@H](C(=O)O)N1C(=O)/C(=C/c2cccc(Br)c2)SC1=S. The van der Waals surface area contributed by atoms with Crippen LogP contribution >= 0.6 is 39.9 Å². The second kappa shape index (κ2) is 6.07. The predicted molar refractivity (Wildman–Crippen MR) is 86.3 cm³/mol. The van der Waals surface area contributed by atoms with E-state index in [0.717, 1.165) is 26.7 Å². The van der Waals surface area contributed by atoms with Crippen molar-refractivity contribution >= 4 is 62.2 Å². The van der Waals surface area contributed by atoms with Crippen molar-refractivity contribution in [3.63, 3.8) is 0 Å². The van der Waals surface area contributed by atoms with E-state index in [9.17, 15) is 9.59 Å². The number of carboxylic acid groups (broad SMARTS) is 1. The number of thiocarbonyl (C=S) groups is 1. The van der Waals surface area contributed by atoms with E-state index in [1.807, 2.05) is 24.3 Å². The second-order valence-corrected chi connectivity index (χ2v) is 6.71. The minimum atomic E-state index is -1.08. The van der Waals surface area contributed by atoms with Crippen LogP contribution in [0.15, 0.2) is 33.6 Å². The van der Waals surface area contributed by atoms with Gasteiger partial charge in [-0.25, -0.2) is 4.79 Å². The lowest BCUT2D eigenvalue weighted by molar-refractivity contribution is -0.144. The molecule has 20 heavy (non-hydrogen) atoms. The van der Waals surface area contributed by atoms with Gasteiger partial charge in [-0.1, -0.05) is 52.0 Å². The Morgan fingerprint density at radius 3 is 2.85 bits per heavy atom. The molecule has 1 atom stereocenters. The lowest BCUT2D eigenvalue weighted by Crippen LogP contribution is -2.41. The lowest BCUT2D eigenvalue weighted by atomic mass is 10.2. The Hall–Kier alpha value is -1.18. The van der Waals surface area contributed by atoms with Gasteiger partial charge in [-0.3, -0.25) is 9.69 Å². The van der Waals surface area contributed by atoms with E-state index in [2.05, 4.69) is 15.9 Å². The summed E-state index contributed by atoms with van der Waals surface area (Å²) in [5.74, 6) is -1.44. The van der Waals surface area contributed by atoms with E-state index in [4.69, 9.17) is 17.3 Å². The molecule has 7 heteroatoms. The van der Waals surface area contributed by atoms with Crippen molar-refractivity contribution in [3.05, 3.63) is 39.2 Å². The van der Waals surface area contributed by atoms with Crippen molar-refractivity contribution in [1.82, 2.24) is 4.90 Å². The maximum Gasteiger partial charge on any atom is 0.326 e. The Morgan fingerprint density at radius 2 is 2.25 bits per heavy atom. The Balaban J connectivity index is 2.30. The van der Waals surface area contributed by atoms with Crippen LogP contribution < -0.4 is 0 Å². The number of carbonyl (C=O) groups excluding carboxylic acids is 1. The highest BCUT2D eigenvalue weighted by atomic mass is 79.9. The molecule has 1 fully saturated rings. The highest BCUT2D eigenvalue weighted by Gasteiger charge is 2.38. The van der Waals surface area contributed by atoms with Gasteiger partial charge in [0.15, 0.2) is 0 Å². The van der Waals surface area contributed by atoms with Crippen LogP contribution in [0.2, 0.25) is 0 Å². The van der Waals surface area contributed by atoms with Gasteiger partial charge >= 0.3 is 5.97 Å². The van der Waals surface area contributed by atoms with Crippen molar-refractivity contribution in [3.8, 4) is 0 Å². The number of carboxylic acids is 1. The summed E-state index contributed by atoms with van der Waals surface area (Å²) in [6.07, 6.45) is 1.71. The molecule has 1 heterocycles. The van der Waals surface area contributed by atoms with Gasteiger partial charge in [0.2, 0.25) is 0 Å². The van der Waals surface area contributed by atoms with Crippen molar-refractivity contribution in [2.45, 2.75) is 13.0 Å². The zero-order valence-electron chi connectivity index (χ0n) is 10.4. The number of rotatable bonds is 3. The van der Waals surface area contributed by atoms with Gasteiger partial charge in [-0.15, -0.1) is 0 Å². The number of nitrogens with zero attached hydrogens (tertiary/aromatic N) is 1. The number of halogens is 1. The molecule has 0 unspecified atom stereocenters. The van der Waals surface area contributed by atoms with Crippen LogP contribution in [0.25, 0.3) is 6.08 Å². The molecule has 4 nitrogen and oxygen atoms in total. The minimum absolute atomic E-state index is 0.270. The first-order chi connectivity index (χ1) is 9.40. The van der Waals surface area contributed by atoms with E-state index in [1.165, 1.54) is 6.92 Å². The number of amides is 1. The third kappa shape index (κ3) is 3.11. The standard InChI is InChI=1S/C13H10BrNO3S2/c1-7(12(17)18)15-11(16)10(20-13(15)19)6-8-3-2-4-9(14)5-8/h2-7H,1H3,(H,17,18)/b10-6-/t7-/m1/s1. The summed E-state index contributed by atoms with van der Waals surface area (Å²) in [7, 11) is 0. The molecule has 0 saturated carbocycles. The smallest absolute Gasteiger partial charge is 0.326 e. The maximum atomic E-state index is 12.2. The fraction of sp³-hybridized carbons (Fsp3) is 0.154. The Kier molecular flexibility index (Phi) is 4.62. The molecule has 0 aromatic heterocycles. The average molecular weight is 372 g/mol. The molecule has 0 radical (unpaired) electrons. The molecule has 1 aliphatic rings. The highest BCUT2D eigenvalue weighted by molar-refractivity contribution is 9.10. The number of benzene rings is 1. The molecular formula is C13H10BrNO3S2. The van der Waals surface area contributed by atoms with Gasteiger partial charge in [0.25, 0.3) is 5.91 Å². The van der Waals surface area contributed by atoms with Crippen LogP contribution in [0.3, 0.4) is 0 Å². The minimum Gasteiger partial charge on any atom is -0.480 e. The molecule has 1 saturated heterocycles. The summed E-state index contributed by atoms with van der Waals surface area (Å²) >= 11 is 9.56. The topological polar surface area (TPSA) is 57.6 Å². The summed E-state index contributed by atoms with van der Waals surface area (Å²) in [6, 6.07) is 6.51. The summed E-state index contributed by atoms with van der Waals surface area (Å²) in [5, 5.41) is 9.00.